The average molecular weight is 383 g/mol. The van der Waals surface area contributed by atoms with Crippen molar-refractivity contribution in [1.82, 2.24) is 5.32 Å². The highest BCUT2D eigenvalue weighted by Crippen LogP contribution is 2.39. The van der Waals surface area contributed by atoms with Crippen LogP contribution in [0.15, 0.2) is 24.3 Å². The molecule has 2 rings (SSSR count). The van der Waals surface area contributed by atoms with Gasteiger partial charge in [-0.15, -0.1) is 0 Å². The molecule has 0 bridgehead atoms. The average Bonchev–Trinajstić information content (AvgIpc) is 3.55. The van der Waals surface area contributed by atoms with Crippen LogP contribution in [-0.2, 0) is 14.3 Å². The number of nitrogens with one attached hydrogen (secondary N) is 1. The van der Waals surface area contributed by atoms with Crippen molar-refractivity contribution in [3.8, 4) is 23.6 Å². The lowest BCUT2D eigenvalue weighted by molar-refractivity contribution is -0.144. The molecule has 0 aliphatic heterocycles. The fourth-order valence-corrected chi connectivity index (χ4v) is 2.57. The smallest absolute Gasteiger partial charge is 0.331 e. The summed E-state index contributed by atoms with van der Waals surface area (Å²) in [6.07, 6.45) is 4.48. The van der Waals surface area contributed by atoms with E-state index >= 15 is 0 Å². The molecule has 8 nitrogen and oxygen atoms in total. The minimum atomic E-state index is -0.925. The lowest BCUT2D eigenvalue weighted by atomic mass is 9.98. The van der Waals surface area contributed by atoms with Gasteiger partial charge >= 0.3 is 5.97 Å². The zero-order valence-corrected chi connectivity index (χ0v) is 15.7. The largest absolute Gasteiger partial charge is 0.493 e. The molecule has 1 atom stereocenters. The van der Waals surface area contributed by atoms with Crippen LogP contribution < -0.4 is 14.8 Å². The van der Waals surface area contributed by atoms with Gasteiger partial charge in [0.25, 0.3) is 5.91 Å². The van der Waals surface area contributed by atoms with Gasteiger partial charge in [-0.05, 0) is 49.5 Å². The molecule has 1 N–H and O–H groups in total. The summed E-state index contributed by atoms with van der Waals surface area (Å²) in [6, 6.07) is 8.91. The van der Waals surface area contributed by atoms with Gasteiger partial charge in [0, 0.05) is 6.08 Å². The van der Waals surface area contributed by atoms with Crippen LogP contribution in [-0.4, -0.2) is 37.7 Å². The van der Waals surface area contributed by atoms with Gasteiger partial charge in [0.2, 0.25) is 0 Å². The van der Waals surface area contributed by atoms with Crippen molar-refractivity contribution in [2.45, 2.75) is 25.3 Å². The van der Waals surface area contributed by atoms with E-state index in [2.05, 4.69) is 11.4 Å². The van der Waals surface area contributed by atoms with Crippen LogP contribution in [0.1, 0.15) is 25.3 Å². The Labute approximate surface area is 163 Å². The van der Waals surface area contributed by atoms with Crippen LogP contribution >= 0.6 is 0 Å². The summed E-state index contributed by atoms with van der Waals surface area (Å²) < 4.78 is 15.3. The molecule has 0 unspecified atom stereocenters. The Bertz CT molecular complexity index is 848. The second kappa shape index (κ2) is 9.43. The molecular weight excluding hydrogens is 362 g/mol. The maximum atomic E-state index is 11.9. The van der Waals surface area contributed by atoms with Crippen LogP contribution in [0.2, 0.25) is 0 Å². The summed E-state index contributed by atoms with van der Waals surface area (Å²) in [5.41, 5.74) is -0.279. The summed E-state index contributed by atoms with van der Waals surface area (Å²) >= 11 is 0. The van der Waals surface area contributed by atoms with E-state index < -0.39 is 24.0 Å². The third kappa shape index (κ3) is 5.75. The number of esters is 1. The van der Waals surface area contributed by atoms with Crippen LogP contribution in [0.4, 0.5) is 0 Å². The van der Waals surface area contributed by atoms with E-state index in [1.165, 1.54) is 19.3 Å². The van der Waals surface area contributed by atoms with Crippen molar-refractivity contribution in [3.63, 3.8) is 0 Å². The van der Waals surface area contributed by atoms with Gasteiger partial charge in [-0.2, -0.15) is 10.5 Å². The van der Waals surface area contributed by atoms with Gasteiger partial charge in [0.05, 0.1) is 13.2 Å². The number of ether oxygens (including phenoxy) is 3. The Morgan fingerprint density at radius 2 is 2.07 bits per heavy atom. The quantitative estimate of drug-likeness (QED) is 0.511. The Morgan fingerprint density at radius 1 is 1.32 bits per heavy atom. The predicted molar refractivity (Wildman–Crippen MR) is 99.0 cm³/mol. The van der Waals surface area contributed by atoms with E-state index in [0.717, 1.165) is 12.8 Å². The fraction of sp³-hybridized carbons (Fsp3) is 0.400. The number of hydrogen-bond donors (Lipinski definition) is 1. The molecule has 1 aromatic carbocycles. The third-order valence-corrected chi connectivity index (χ3v) is 4.26. The number of nitrogens with zero attached hydrogens (tertiary/aromatic N) is 2. The number of hydrogen-bond acceptors (Lipinski definition) is 7. The molecule has 0 aromatic heterocycles. The van der Waals surface area contributed by atoms with E-state index in [0.29, 0.717) is 17.1 Å². The summed E-state index contributed by atoms with van der Waals surface area (Å²) in [5.74, 6) is -0.229. The topological polar surface area (TPSA) is 121 Å². The van der Waals surface area contributed by atoms with Gasteiger partial charge in [0.1, 0.15) is 11.6 Å². The standard InChI is InChI=1S/C20H21N3O5/c1-20(13-22,15-5-6-15)23-18(24)12-28-19(25)8-4-14-3-7-16(27-10-9-21)17(11-14)26-2/h3-4,7-8,11,15H,5-6,10,12H2,1-2H3,(H,23,24)/b8-4+/t20-/m0/s1. The molecule has 1 aromatic rings. The molecule has 8 heteroatoms. The maximum Gasteiger partial charge on any atom is 0.331 e. The summed E-state index contributed by atoms with van der Waals surface area (Å²) in [7, 11) is 1.46. The molecule has 1 amide bonds. The number of nitriles is 2. The first kappa shape index (κ1) is 20.8. The zero-order valence-electron chi connectivity index (χ0n) is 15.7. The Morgan fingerprint density at radius 3 is 2.68 bits per heavy atom. The summed E-state index contributed by atoms with van der Waals surface area (Å²) in [5, 5.41) is 20.4. The molecule has 0 saturated heterocycles. The van der Waals surface area contributed by atoms with Crippen molar-refractivity contribution in [2.24, 2.45) is 5.92 Å². The first-order valence-electron chi connectivity index (χ1n) is 8.66. The number of carbonyl (C=O) groups excluding carboxylic acids is 2. The highest BCUT2D eigenvalue weighted by atomic mass is 16.5. The number of methoxy groups -OCH3 is 1. The van der Waals surface area contributed by atoms with E-state index in [-0.39, 0.29) is 12.5 Å². The van der Waals surface area contributed by atoms with Gasteiger partial charge in [-0.3, -0.25) is 4.79 Å². The molecule has 1 fully saturated rings. The minimum Gasteiger partial charge on any atom is -0.493 e. The minimum absolute atomic E-state index is 0.106. The first-order valence-corrected chi connectivity index (χ1v) is 8.66. The molecule has 1 aliphatic carbocycles. The first-order chi connectivity index (χ1) is 13.4. The van der Waals surface area contributed by atoms with Gasteiger partial charge in [0.15, 0.2) is 24.7 Å². The van der Waals surface area contributed by atoms with Crippen molar-refractivity contribution in [1.29, 1.82) is 10.5 Å². The molecule has 0 spiro atoms. The van der Waals surface area contributed by atoms with Gasteiger partial charge in [-0.1, -0.05) is 6.07 Å². The van der Waals surface area contributed by atoms with Crippen molar-refractivity contribution in [3.05, 3.63) is 29.8 Å². The molecular formula is C20H21N3O5. The van der Waals surface area contributed by atoms with Crippen LogP contribution in [0.25, 0.3) is 6.08 Å². The molecule has 0 radical (unpaired) electrons. The zero-order chi connectivity index (χ0) is 20.6. The van der Waals surface area contributed by atoms with Crippen LogP contribution in [0.3, 0.4) is 0 Å². The van der Waals surface area contributed by atoms with Crippen LogP contribution in [0.5, 0.6) is 11.5 Å². The van der Waals surface area contributed by atoms with E-state index in [1.807, 2.05) is 6.07 Å². The predicted octanol–water partition coefficient (Wildman–Crippen LogP) is 1.96. The van der Waals surface area contributed by atoms with E-state index in [4.69, 9.17) is 19.5 Å². The molecule has 0 heterocycles. The van der Waals surface area contributed by atoms with Crippen LogP contribution in [0, 0.1) is 28.6 Å². The Hall–Kier alpha value is -3.52. The number of rotatable bonds is 9. The number of carbonyl (C=O) groups is 2. The van der Waals surface area contributed by atoms with Crippen molar-refractivity contribution < 1.29 is 23.8 Å². The second-order valence-corrected chi connectivity index (χ2v) is 6.43. The Balaban J connectivity index is 1.87. The van der Waals surface area contributed by atoms with E-state index in [9.17, 15) is 14.9 Å². The number of amides is 1. The lowest BCUT2D eigenvalue weighted by Gasteiger charge is -2.22. The Kier molecular flexibility index (Phi) is 7.00. The summed E-state index contributed by atoms with van der Waals surface area (Å²) in [4.78, 5) is 23.7. The monoisotopic (exact) mass is 383 g/mol. The fourth-order valence-electron chi connectivity index (χ4n) is 2.57. The van der Waals surface area contributed by atoms with Crippen molar-refractivity contribution >= 4 is 18.0 Å². The molecule has 28 heavy (non-hydrogen) atoms. The van der Waals surface area contributed by atoms with E-state index in [1.54, 1.807) is 25.1 Å². The SMILES string of the molecule is COc1cc(/C=C/C(=O)OCC(=O)N[C@@](C)(C#N)C2CC2)ccc1OCC#N. The number of benzene rings is 1. The van der Waals surface area contributed by atoms with Gasteiger partial charge in [-0.25, -0.2) is 4.79 Å². The highest BCUT2D eigenvalue weighted by molar-refractivity contribution is 5.89. The van der Waals surface area contributed by atoms with Gasteiger partial charge < -0.3 is 19.5 Å². The normalized spacial score (nSPS) is 15.0. The maximum absolute atomic E-state index is 11.9. The second-order valence-electron chi connectivity index (χ2n) is 6.43. The molecule has 1 aliphatic rings. The third-order valence-electron chi connectivity index (χ3n) is 4.26. The lowest BCUT2D eigenvalue weighted by Crippen LogP contribution is -2.48. The highest BCUT2D eigenvalue weighted by Gasteiger charge is 2.43. The van der Waals surface area contributed by atoms with Crippen molar-refractivity contribution in [2.75, 3.05) is 20.3 Å². The molecule has 146 valence electrons. The molecule has 1 saturated carbocycles. The summed E-state index contributed by atoms with van der Waals surface area (Å²) in [6.45, 7) is 1.10.